The molecule has 0 aliphatic heterocycles. The predicted molar refractivity (Wildman–Crippen MR) is 54.3 cm³/mol. The Balaban J connectivity index is 1.98. The van der Waals surface area contributed by atoms with Crippen molar-refractivity contribution < 1.29 is 4.42 Å². The SMILES string of the molecule is CCn1nccc1CNc1nnc(C)o1. The fraction of sp³-hybridized carbons (Fsp3) is 0.444. The molecule has 0 spiro atoms. The van der Waals surface area contributed by atoms with Crippen molar-refractivity contribution in [1.29, 1.82) is 0 Å². The van der Waals surface area contributed by atoms with Crippen LogP contribution in [0.5, 0.6) is 0 Å². The Labute approximate surface area is 87.3 Å². The summed E-state index contributed by atoms with van der Waals surface area (Å²) in [7, 11) is 0. The monoisotopic (exact) mass is 207 g/mol. The zero-order chi connectivity index (χ0) is 10.7. The Hall–Kier alpha value is -1.85. The third kappa shape index (κ3) is 2.15. The van der Waals surface area contributed by atoms with E-state index >= 15 is 0 Å². The van der Waals surface area contributed by atoms with E-state index in [1.165, 1.54) is 0 Å². The Morgan fingerprint density at radius 2 is 2.33 bits per heavy atom. The fourth-order valence-electron chi connectivity index (χ4n) is 1.33. The maximum atomic E-state index is 5.19. The molecule has 2 rings (SSSR count). The minimum Gasteiger partial charge on any atom is -0.408 e. The summed E-state index contributed by atoms with van der Waals surface area (Å²) in [6.45, 7) is 5.30. The average molecular weight is 207 g/mol. The lowest BCUT2D eigenvalue weighted by Crippen LogP contribution is -2.07. The number of aromatic nitrogens is 4. The number of nitrogens with zero attached hydrogens (tertiary/aromatic N) is 4. The average Bonchev–Trinajstić information content (AvgIpc) is 2.83. The van der Waals surface area contributed by atoms with Gasteiger partial charge in [-0.3, -0.25) is 4.68 Å². The van der Waals surface area contributed by atoms with Crippen LogP contribution >= 0.6 is 0 Å². The van der Waals surface area contributed by atoms with Gasteiger partial charge in [0, 0.05) is 19.7 Å². The number of hydrogen-bond donors (Lipinski definition) is 1. The van der Waals surface area contributed by atoms with Crippen molar-refractivity contribution in [3.63, 3.8) is 0 Å². The second-order valence-corrected chi connectivity index (χ2v) is 3.12. The van der Waals surface area contributed by atoms with Crippen molar-refractivity contribution in [2.75, 3.05) is 5.32 Å². The lowest BCUT2D eigenvalue weighted by molar-refractivity contribution is 0.528. The fourth-order valence-corrected chi connectivity index (χ4v) is 1.33. The Morgan fingerprint density at radius 3 is 3.00 bits per heavy atom. The molecule has 2 aromatic heterocycles. The molecule has 2 aromatic rings. The largest absolute Gasteiger partial charge is 0.408 e. The first kappa shape index (κ1) is 9.70. The van der Waals surface area contributed by atoms with Crippen LogP contribution in [0, 0.1) is 6.92 Å². The van der Waals surface area contributed by atoms with E-state index < -0.39 is 0 Å². The van der Waals surface area contributed by atoms with Crippen LogP contribution in [0.15, 0.2) is 16.7 Å². The predicted octanol–water partition coefficient (Wildman–Crippen LogP) is 1.21. The second-order valence-electron chi connectivity index (χ2n) is 3.12. The van der Waals surface area contributed by atoms with Crippen molar-refractivity contribution in [1.82, 2.24) is 20.0 Å². The third-order valence-corrected chi connectivity index (χ3v) is 2.05. The van der Waals surface area contributed by atoms with Crippen LogP contribution in [0.4, 0.5) is 6.01 Å². The van der Waals surface area contributed by atoms with Crippen molar-refractivity contribution in [2.24, 2.45) is 0 Å². The van der Waals surface area contributed by atoms with Crippen LogP contribution in [0.3, 0.4) is 0 Å². The summed E-state index contributed by atoms with van der Waals surface area (Å²) in [5.41, 5.74) is 1.09. The van der Waals surface area contributed by atoms with E-state index in [2.05, 4.69) is 20.6 Å². The number of rotatable bonds is 4. The summed E-state index contributed by atoms with van der Waals surface area (Å²) in [6, 6.07) is 2.40. The van der Waals surface area contributed by atoms with Gasteiger partial charge in [-0.1, -0.05) is 5.10 Å². The van der Waals surface area contributed by atoms with Crippen LogP contribution in [0.2, 0.25) is 0 Å². The molecule has 0 radical (unpaired) electrons. The number of nitrogens with one attached hydrogen (secondary N) is 1. The molecule has 0 aromatic carbocycles. The molecule has 0 bridgehead atoms. The summed E-state index contributed by atoms with van der Waals surface area (Å²) < 4.78 is 7.11. The van der Waals surface area contributed by atoms with Gasteiger partial charge < -0.3 is 9.73 Å². The molecule has 2 heterocycles. The van der Waals surface area contributed by atoms with Gasteiger partial charge in [-0.25, -0.2) is 0 Å². The van der Waals surface area contributed by atoms with Crippen molar-refractivity contribution in [3.05, 3.63) is 23.8 Å². The van der Waals surface area contributed by atoms with E-state index in [4.69, 9.17) is 4.42 Å². The topological polar surface area (TPSA) is 68.8 Å². The van der Waals surface area contributed by atoms with Crippen molar-refractivity contribution >= 4 is 6.01 Å². The summed E-state index contributed by atoms with van der Waals surface area (Å²) >= 11 is 0. The molecule has 0 unspecified atom stereocenters. The molecule has 0 atom stereocenters. The quantitative estimate of drug-likeness (QED) is 0.816. The lowest BCUT2D eigenvalue weighted by Gasteiger charge is -2.03. The number of aryl methyl sites for hydroxylation is 2. The molecular weight excluding hydrogens is 194 g/mol. The highest BCUT2D eigenvalue weighted by atomic mass is 16.4. The maximum absolute atomic E-state index is 5.19. The standard InChI is InChI=1S/C9H13N5O/c1-3-14-8(4-5-11-14)6-10-9-13-12-7(2)15-9/h4-5H,3,6H2,1-2H3,(H,10,13). The van der Waals surface area contributed by atoms with Gasteiger partial charge in [-0.05, 0) is 13.0 Å². The molecule has 0 saturated carbocycles. The van der Waals surface area contributed by atoms with Gasteiger partial charge in [0.25, 0.3) is 0 Å². The van der Waals surface area contributed by atoms with Gasteiger partial charge in [0.2, 0.25) is 5.89 Å². The molecule has 0 aliphatic carbocycles. The Bertz CT molecular complexity index is 433. The Kier molecular flexibility index (Phi) is 2.66. The van der Waals surface area contributed by atoms with Gasteiger partial charge in [0.05, 0.1) is 12.2 Å². The molecule has 80 valence electrons. The van der Waals surface area contributed by atoms with E-state index in [9.17, 15) is 0 Å². The van der Waals surface area contributed by atoms with Gasteiger partial charge in [0.15, 0.2) is 0 Å². The second kappa shape index (κ2) is 4.12. The zero-order valence-corrected chi connectivity index (χ0v) is 8.77. The highest BCUT2D eigenvalue weighted by Gasteiger charge is 2.03. The molecule has 0 saturated heterocycles. The normalized spacial score (nSPS) is 10.5. The molecule has 6 nitrogen and oxygen atoms in total. The van der Waals surface area contributed by atoms with Gasteiger partial charge >= 0.3 is 6.01 Å². The van der Waals surface area contributed by atoms with E-state index in [1.807, 2.05) is 17.7 Å². The van der Waals surface area contributed by atoms with Crippen LogP contribution in [0.1, 0.15) is 18.5 Å². The van der Waals surface area contributed by atoms with E-state index in [1.54, 1.807) is 13.1 Å². The van der Waals surface area contributed by atoms with Crippen molar-refractivity contribution in [2.45, 2.75) is 26.9 Å². The van der Waals surface area contributed by atoms with Crippen LogP contribution in [-0.4, -0.2) is 20.0 Å². The van der Waals surface area contributed by atoms with E-state index in [-0.39, 0.29) is 0 Å². The summed E-state index contributed by atoms with van der Waals surface area (Å²) in [4.78, 5) is 0. The minimum atomic E-state index is 0.441. The highest BCUT2D eigenvalue weighted by Crippen LogP contribution is 2.06. The van der Waals surface area contributed by atoms with Gasteiger partial charge in [0.1, 0.15) is 0 Å². The number of hydrogen-bond acceptors (Lipinski definition) is 5. The minimum absolute atomic E-state index is 0.441. The molecule has 0 amide bonds. The molecule has 15 heavy (non-hydrogen) atoms. The summed E-state index contributed by atoms with van der Waals surface area (Å²) in [5.74, 6) is 0.557. The molecule has 1 N–H and O–H groups in total. The molecule has 6 heteroatoms. The summed E-state index contributed by atoms with van der Waals surface area (Å²) in [6.07, 6.45) is 1.78. The number of anilines is 1. The summed E-state index contributed by atoms with van der Waals surface area (Å²) in [5, 5.41) is 14.8. The van der Waals surface area contributed by atoms with Gasteiger partial charge in [-0.2, -0.15) is 5.10 Å². The molecular formula is C9H13N5O. The molecule has 0 fully saturated rings. The van der Waals surface area contributed by atoms with Crippen LogP contribution in [0.25, 0.3) is 0 Å². The van der Waals surface area contributed by atoms with Crippen LogP contribution in [-0.2, 0) is 13.1 Å². The van der Waals surface area contributed by atoms with E-state index in [0.717, 1.165) is 12.2 Å². The lowest BCUT2D eigenvalue weighted by atomic mass is 10.4. The first-order valence-electron chi connectivity index (χ1n) is 4.84. The van der Waals surface area contributed by atoms with Crippen molar-refractivity contribution in [3.8, 4) is 0 Å². The first-order valence-corrected chi connectivity index (χ1v) is 4.84. The highest BCUT2D eigenvalue weighted by molar-refractivity contribution is 5.19. The Morgan fingerprint density at radius 1 is 1.47 bits per heavy atom. The first-order chi connectivity index (χ1) is 7.29. The third-order valence-electron chi connectivity index (χ3n) is 2.05. The molecule has 0 aliphatic rings. The zero-order valence-electron chi connectivity index (χ0n) is 8.77. The van der Waals surface area contributed by atoms with Crippen LogP contribution < -0.4 is 5.32 Å². The van der Waals surface area contributed by atoms with E-state index in [0.29, 0.717) is 18.5 Å². The van der Waals surface area contributed by atoms with Gasteiger partial charge in [-0.15, -0.1) is 5.10 Å². The smallest absolute Gasteiger partial charge is 0.315 e. The maximum Gasteiger partial charge on any atom is 0.315 e.